The molecule has 0 saturated heterocycles. The Morgan fingerprint density at radius 3 is 2.50 bits per heavy atom. The second-order valence-electron chi connectivity index (χ2n) is 6.42. The van der Waals surface area contributed by atoms with E-state index in [1.165, 1.54) is 14.2 Å². The molecule has 24 heavy (non-hydrogen) atoms. The lowest BCUT2D eigenvalue weighted by atomic mass is 9.97. The van der Waals surface area contributed by atoms with Crippen LogP contribution in [0.4, 0.5) is 13.6 Å². The second-order valence-corrected chi connectivity index (χ2v) is 6.42. The first-order chi connectivity index (χ1) is 11.3. The van der Waals surface area contributed by atoms with Crippen molar-refractivity contribution in [3.05, 3.63) is 35.9 Å². The van der Waals surface area contributed by atoms with Crippen LogP contribution in [0, 0.1) is 11.3 Å². The molecule has 0 bridgehead atoms. The number of hydrogen-bond acceptors (Lipinski definition) is 4. The monoisotopic (exact) mass is 339 g/mol. The summed E-state index contributed by atoms with van der Waals surface area (Å²) in [5.74, 6) is -4.73. The lowest BCUT2D eigenvalue weighted by molar-refractivity contribution is -0.149. The molecule has 5 nitrogen and oxygen atoms in total. The number of fused-ring (bicyclic) bond motifs is 1. The highest BCUT2D eigenvalue weighted by Gasteiger charge is 2.80. The molecule has 2 aliphatic carbocycles. The summed E-state index contributed by atoms with van der Waals surface area (Å²) in [6.07, 6.45) is -1.24. The van der Waals surface area contributed by atoms with Crippen molar-refractivity contribution in [2.24, 2.45) is 11.3 Å². The van der Waals surface area contributed by atoms with Crippen molar-refractivity contribution in [3.8, 4) is 0 Å². The molecule has 3 rings (SSSR count). The fourth-order valence-corrected chi connectivity index (χ4v) is 3.74. The van der Waals surface area contributed by atoms with Gasteiger partial charge in [-0.3, -0.25) is 4.79 Å². The molecule has 1 aromatic carbocycles. The van der Waals surface area contributed by atoms with Gasteiger partial charge in [0, 0.05) is 19.4 Å². The third kappa shape index (κ3) is 2.52. The molecule has 0 heterocycles. The number of carbonyl (C=O) groups is 2. The van der Waals surface area contributed by atoms with Gasteiger partial charge in [-0.25, -0.2) is 13.6 Å². The predicted molar refractivity (Wildman–Crippen MR) is 80.3 cm³/mol. The Kier molecular flexibility index (Phi) is 3.97. The van der Waals surface area contributed by atoms with Gasteiger partial charge in [0.1, 0.15) is 6.61 Å². The minimum Gasteiger partial charge on any atom is -0.469 e. The van der Waals surface area contributed by atoms with Crippen LogP contribution in [0.1, 0.15) is 18.4 Å². The van der Waals surface area contributed by atoms with Crippen molar-refractivity contribution in [1.29, 1.82) is 0 Å². The van der Waals surface area contributed by atoms with E-state index < -0.39 is 41.8 Å². The molecule has 7 heteroatoms. The highest BCUT2D eigenvalue weighted by atomic mass is 19.3. The number of amides is 1. The molecule has 3 unspecified atom stereocenters. The topological polar surface area (TPSA) is 55.8 Å². The molecule has 1 aromatic rings. The van der Waals surface area contributed by atoms with E-state index in [1.807, 2.05) is 18.2 Å². The molecule has 1 amide bonds. The van der Waals surface area contributed by atoms with Crippen molar-refractivity contribution in [3.63, 3.8) is 0 Å². The van der Waals surface area contributed by atoms with E-state index in [4.69, 9.17) is 9.47 Å². The van der Waals surface area contributed by atoms with Crippen LogP contribution < -0.4 is 0 Å². The SMILES string of the molecule is COC(=O)C12CC1C(F)(F)CC2N(C)C(=O)OCc1ccccc1. The average molecular weight is 339 g/mol. The van der Waals surface area contributed by atoms with Gasteiger partial charge in [-0.1, -0.05) is 30.3 Å². The minimum atomic E-state index is -2.98. The number of benzene rings is 1. The summed E-state index contributed by atoms with van der Waals surface area (Å²) in [6.45, 7) is 0.0434. The summed E-state index contributed by atoms with van der Waals surface area (Å²) in [4.78, 5) is 25.4. The summed E-state index contributed by atoms with van der Waals surface area (Å²) in [5, 5.41) is 0. The van der Waals surface area contributed by atoms with E-state index in [2.05, 4.69) is 0 Å². The standard InChI is InChI=1S/C17H19F2NO4/c1-20(15(22)24-10-11-6-4-3-5-7-11)13-9-17(18,19)12-8-16(12,13)14(21)23-2/h3-7,12-13H,8-10H2,1-2H3. The number of halogens is 2. The van der Waals surface area contributed by atoms with E-state index >= 15 is 0 Å². The molecule has 2 saturated carbocycles. The molecule has 2 fully saturated rings. The predicted octanol–water partition coefficient (Wildman–Crippen LogP) is 2.84. The smallest absolute Gasteiger partial charge is 0.410 e. The quantitative estimate of drug-likeness (QED) is 0.792. The maximum Gasteiger partial charge on any atom is 0.410 e. The summed E-state index contributed by atoms with van der Waals surface area (Å²) < 4.78 is 38.0. The number of rotatable bonds is 4. The number of ether oxygens (including phenoxy) is 2. The third-order valence-electron chi connectivity index (χ3n) is 5.10. The number of methoxy groups -OCH3 is 1. The van der Waals surface area contributed by atoms with Crippen molar-refractivity contribution in [2.75, 3.05) is 14.2 Å². The first-order valence-electron chi connectivity index (χ1n) is 7.72. The highest BCUT2D eigenvalue weighted by Crippen LogP contribution is 2.70. The molecule has 0 radical (unpaired) electrons. The van der Waals surface area contributed by atoms with Gasteiger partial charge in [-0.15, -0.1) is 0 Å². The number of nitrogens with zero attached hydrogens (tertiary/aromatic N) is 1. The highest BCUT2D eigenvalue weighted by molar-refractivity contribution is 5.84. The van der Waals surface area contributed by atoms with Crippen LogP contribution in [-0.4, -0.2) is 43.1 Å². The maximum absolute atomic E-state index is 14.1. The molecule has 3 atom stereocenters. The number of carbonyl (C=O) groups excluding carboxylic acids is 2. The minimum absolute atomic E-state index is 0.0354. The fourth-order valence-electron chi connectivity index (χ4n) is 3.74. The number of hydrogen-bond donors (Lipinski definition) is 0. The van der Waals surface area contributed by atoms with Crippen LogP contribution >= 0.6 is 0 Å². The molecular weight excluding hydrogens is 320 g/mol. The lowest BCUT2D eigenvalue weighted by Gasteiger charge is -2.30. The average Bonchev–Trinajstić information content (AvgIpc) is 3.30. The normalized spacial score (nSPS) is 29.5. The summed E-state index contributed by atoms with van der Waals surface area (Å²) in [5.41, 5.74) is -0.512. The number of alkyl halides is 2. The van der Waals surface area contributed by atoms with E-state index in [9.17, 15) is 18.4 Å². The molecule has 2 aliphatic rings. The van der Waals surface area contributed by atoms with Gasteiger partial charge in [-0.2, -0.15) is 0 Å². The van der Waals surface area contributed by atoms with Crippen molar-refractivity contribution in [2.45, 2.75) is 31.4 Å². The Balaban J connectivity index is 1.70. The summed E-state index contributed by atoms with van der Waals surface area (Å²) in [7, 11) is 2.56. The molecule has 0 spiro atoms. The van der Waals surface area contributed by atoms with Crippen LogP contribution in [0.15, 0.2) is 30.3 Å². The molecule has 0 N–H and O–H groups in total. The zero-order chi connectivity index (χ0) is 17.5. The summed E-state index contributed by atoms with van der Waals surface area (Å²) >= 11 is 0. The summed E-state index contributed by atoms with van der Waals surface area (Å²) in [6, 6.07) is 8.13. The Morgan fingerprint density at radius 2 is 1.92 bits per heavy atom. The van der Waals surface area contributed by atoms with Gasteiger partial charge in [0.2, 0.25) is 0 Å². The largest absolute Gasteiger partial charge is 0.469 e. The molecule has 130 valence electrons. The van der Waals surface area contributed by atoms with E-state index in [1.54, 1.807) is 12.1 Å². The first kappa shape index (κ1) is 16.7. The van der Waals surface area contributed by atoms with Crippen LogP contribution in [0.3, 0.4) is 0 Å². The van der Waals surface area contributed by atoms with Crippen molar-refractivity contribution >= 4 is 12.1 Å². The Morgan fingerprint density at radius 1 is 1.25 bits per heavy atom. The molecule has 0 aromatic heterocycles. The maximum atomic E-state index is 14.1. The van der Waals surface area contributed by atoms with Crippen molar-refractivity contribution < 1.29 is 27.8 Å². The third-order valence-corrected chi connectivity index (χ3v) is 5.10. The van der Waals surface area contributed by atoms with Gasteiger partial charge in [-0.05, 0) is 12.0 Å². The van der Waals surface area contributed by atoms with Crippen LogP contribution in [0.2, 0.25) is 0 Å². The second kappa shape index (κ2) is 5.72. The van der Waals surface area contributed by atoms with Crippen LogP contribution in [0.25, 0.3) is 0 Å². The molecule has 0 aliphatic heterocycles. The lowest BCUT2D eigenvalue weighted by Crippen LogP contribution is -2.45. The van der Waals surface area contributed by atoms with Crippen LogP contribution in [0.5, 0.6) is 0 Å². The van der Waals surface area contributed by atoms with Gasteiger partial charge in [0.25, 0.3) is 5.92 Å². The first-order valence-corrected chi connectivity index (χ1v) is 7.72. The molecular formula is C17H19F2NO4. The van der Waals surface area contributed by atoms with E-state index in [-0.39, 0.29) is 13.0 Å². The Bertz CT molecular complexity index is 651. The Hall–Kier alpha value is -2.18. The van der Waals surface area contributed by atoms with E-state index in [0.29, 0.717) is 0 Å². The van der Waals surface area contributed by atoms with Gasteiger partial charge in [0.05, 0.1) is 18.6 Å². The van der Waals surface area contributed by atoms with E-state index in [0.717, 1.165) is 10.5 Å². The Labute approximate surface area is 138 Å². The van der Waals surface area contributed by atoms with Gasteiger partial charge in [0.15, 0.2) is 0 Å². The van der Waals surface area contributed by atoms with Gasteiger partial charge >= 0.3 is 12.1 Å². The zero-order valence-electron chi connectivity index (χ0n) is 13.5. The zero-order valence-corrected chi connectivity index (χ0v) is 13.5. The van der Waals surface area contributed by atoms with Crippen molar-refractivity contribution in [1.82, 2.24) is 4.90 Å². The van der Waals surface area contributed by atoms with Crippen LogP contribution in [-0.2, 0) is 20.9 Å². The number of esters is 1. The fraction of sp³-hybridized carbons (Fsp3) is 0.529. The van der Waals surface area contributed by atoms with Gasteiger partial charge < -0.3 is 14.4 Å².